The zero-order valence-corrected chi connectivity index (χ0v) is 14.6. The summed E-state index contributed by atoms with van der Waals surface area (Å²) in [6.45, 7) is 4.11. The van der Waals surface area contributed by atoms with E-state index in [-0.39, 0.29) is 18.2 Å². The van der Waals surface area contributed by atoms with Crippen LogP contribution in [0, 0.1) is 11.8 Å². The Bertz CT molecular complexity index is 790. The van der Waals surface area contributed by atoms with Crippen molar-refractivity contribution >= 4 is 26.9 Å². The van der Waals surface area contributed by atoms with Gasteiger partial charge in [0.1, 0.15) is 17.8 Å². The molecule has 0 saturated carbocycles. The SMILES string of the molecule is C[C@@H]1CCN(S(=O)(=O)CCN)C[C@H]1CNc1ncnc2[nH]ccc12. The van der Waals surface area contributed by atoms with Gasteiger partial charge in [-0.25, -0.2) is 22.7 Å². The number of hydrogen-bond acceptors (Lipinski definition) is 6. The minimum absolute atomic E-state index is 0.0113. The molecule has 4 N–H and O–H groups in total. The summed E-state index contributed by atoms with van der Waals surface area (Å²) in [7, 11) is -3.25. The molecule has 1 aliphatic heterocycles. The average molecular weight is 352 g/mol. The molecule has 1 saturated heterocycles. The van der Waals surface area contributed by atoms with Gasteiger partial charge in [-0.15, -0.1) is 0 Å². The molecule has 132 valence electrons. The standard InChI is InChI=1S/C15H24N6O2S/c1-11-3-6-21(24(22,23)7-4-16)9-12(11)8-18-15-13-2-5-17-14(13)19-10-20-15/h2,5,10-12H,3-4,6-9,16H2,1H3,(H2,17,18,19,20)/t11-,12-/m1/s1. The normalized spacial score (nSPS) is 22.8. The summed E-state index contributed by atoms with van der Waals surface area (Å²) < 4.78 is 26.1. The highest BCUT2D eigenvalue weighted by Gasteiger charge is 2.32. The lowest BCUT2D eigenvalue weighted by Gasteiger charge is -2.36. The van der Waals surface area contributed by atoms with E-state index in [9.17, 15) is 8.42 Å². The molecular formula is C15H24N6O2S. The van der Waals surface area contributed by atoms with Crippen LogP contribution in [-0.4, -0.2) is 59.6 Å². The molecule has 24 heavy (non-hydrogen) atoms. The fraction of sp³-hybridized carbons (Fsp3) is 0.600. The van der Waals surface area contributed by atoms with E-state index in [0.29, 0.717) is 25.6 Å². The molecule has 2 aromatic rings. The van der Waals surface area contributed by atoms with E-state index < -0.39 is 10.0 Å². The highest BCUT2D eigenvalue weighted by atomic mass is 32.2. The lowest BCUT2D eigenvalue weighted by molar-refractivity contribution is 0.207. The first-order chi connectivity index (χ1) is 11.5. The maximum Gasteiger partial charge on any atom is 0.215 e. The van der Waals surface area contributed by atoms with Gasteiger partial charge in [0.15, 0.2) is 0 Å². The summed E-state index contributed by atoms with van der Waals surface area (Å²) >= 11 is 0. The number of anilines is 1. The van der Waals surface area contributed by atoms with Gasteiger partial charge < -0.3 is 16.0 Å². The Hall–Kier alpha value is -1.71. The van der Waals surface area contributed by atoms with E-state index in [1.165, 1.54) is 6.33 Å². The van der Waals surface area contributed by atoms with Crippen molar-refractivity contribution in [2.75, 3.05) is 37.2 Å². The van der Waals surface area contributed by atoms with Gasteiger partial charge in [0.2, 0.25) is 10.0 Å². The predicted octanol–water partition coefficient (Wildman–Crippen LogP) is 0.616. The topological polar surface area (TPSA) is 117 Å². The quantitative estimate of drug-likeness (QED) is 0.701. The smallest absolute Gasteiger partial charge is 0.215 e. The third kappa shape index (κ3) is 3.52. The van der Waals surface area contributed by atoms with Gasteiger partial charge in [0, 0.05) is 32.4 Å². The lowest BCUT2D eigenvalue weighted by atomic mass is 9.88. The summed E-state index contributed by atoms with van der Waals surface area (Å²) in [5.74, 6) is 1.47. The molecule has 0 bridgehead atoms. The summed E-state index contributed by atoms with van der Waals surface area (Å²) in [6, 6.07) is 1.93. The van der Waals surface area contributed by atoms with Gasteiger partial charge in [-0.05, 0) is 24.3 Å². The Morgan fingerprint density at radius 2 is 2.29 bits per heavy atom. The lowest BCUT2D eigenvalue weighted by Crippen LogP contribution is -2.46. The third-order valence-electron chi connectivity index (χ3n) is 4.73. The van der Waals surface area contributed by atoms with Gasteiger partial charge >= 0.3 is 0 Å². The van der Waals surface area contributed by atoms with Crippen LogP contribution in [0.4, 0.5) is 5.82 Å². The number of sulfonamides is 1. The minimum atomic E-state index is -3.25. The highest BCUT2D eigenvalue weighted by Crippen LogP contribution is 2.26. The van der Waals surface area contributed by atoms with Crippen molar-refractivity contribution < 1.29 is 8.42 Å². The molecule has 8 nitrogen and oxygen atoms in total. The Morgan fingerprint density at radius 3 is 3.08 bits per heavy atom. The summed E-state index contributed by atoms with van der Waals surface area (Å²) in [4.78, 5) is 11.5. The molecule has 0 radical (unpaired) electrons. The van der Waals surface area contributed by atoms with E-state index in [2.05, 4.69) is 27.2 Å². The molecule has 2 aromatic heterocycles. The van der Waals surface area contributed by atoms with Crippen LogP contribution in [0.2, 0.25) is 0 Å². The van der Waals surface area contributed by atoms with E-state index in [1.54, 1.807) is 4.31 Å². The van der Waals surface area contributed by atoms with Crippen molar-refractivity contribution in [3.63, 3.8) is 0 Å². The summed E-state index contributed by atoms with van der Waals surface area (Å²) in [5.41, 5.74) is 6.21. The van der Waals surface area contributed by atoms with Crippen molar-refractivity contribution in [2.24, 2.45) is 17.6 Å². The van der Waals surface area contributed by atoms with Crippen LogP contribution in [0.3, 0.4) is 0 Å². The maximum atomic E-state index is 12.3. The first kappa shape index (κ1) is 17.1. The van der Waals surface area contributed by atoms with E-state index in [1.807, 2.05) is 12.3 Å². The second-order valence-electron chi connectivity index (χ2n) is 6.33. The van der Waals surface area contributed by atoms with Gasteiger partial charge in [0.05, 0.1) is 11.1 Å². The number of rotatable bonds is 6. The fourth-order valence-corrected chi connectivity index (χ4v) is 4.51. The predicted molar refractivity (Wildman–Crippen MR) is 94.1 cm³/mol. The second kappa shape index (κ2) is 7.04. The summed E-state index contributed by atoms with van der Waals surface area (Å²) in [6.07, 6.45) is 4.21. The Balaban J connectivity index is 1.68. The van der Waals surface area contributed by atoms with E-state index in [0.717, 1.165) is 23.3 Å². The number of aromatic amines is 1. The zero-order valence-electron chi connectivity index (χ0n) is 13.8. The number of fused-ring (bicyclic) bond motifs is 1. The molecule has 9 heteroatoms. The summed E-state index contributed by atoms with van der Waals surface area (Å²) in [5, 5.41) is 4.30. The Morgan fingerprint density at radius 1 is 1.46 bits per heavy atom. The van der Waals surface area contributed by atoms with Crippen LogP contribution in [-0.2, 0) is 10.0 Å². The molecule has 2 atom stereocenters. The molecule has 0 amide bonds. The number of nitrogens with one attached hydrogen (secondary N) is 2. The van der Waals surface area contributed by atoms with Crippen LogP contribution in [0.25, 0.3) is 11.0 Å². The third-order valence-corrected chi connectivity index (χ3v) is 6.60. The van der Waals surface area contributed by atoms with Gasteiger partial charge in [-0.2, -0.15) is 0 Å². The van der Waals surface area contributed by atoms with Crippen molar-refractivity contribution in [1.82, 2.24) is 19.3 Å². The molecule has 0 aromatic carbocycles. The molecule has 1 fully saturated rings. The number of nitrogens with zero attached hydrogens (tertiary/aromatic N) is 3. The van der Waals surface area contributed by atoms with Gasteiger partial charge in [0.25, 0.3) is 0 Å². The number of nitrogens with two attached hydrogens (primary N) is 1. The maximum absolute atomic E-state index is 12.3. The first-order valence-corrected chi connectivity index (χ1v) is 9.82. The first-order valence-electron chi connectivity index (χ1n) is 8.21. The van der Waals surface area contributed by atoms with Crippen LogP contribution < -0.4 is 11.1 Å². The minimum Gasteiger partial charge on any atom is -0.369 e. The monoisotopic (exact) mass is 352 g/mol. The van der Waals surface area contributed by atoms with Crippen molar-refractivity contribution in [1.29, 1.82) is 0 Å². The van der Waals surface area contributed by atoms with Gasteiger partial charge in [-0.3, -0.25) is 0 Å². The van der Waals surface area contributed by atoms with Crippen molar-refractivity contribution in [2.45, 2.75) is 13.3 Å². The van der Waals surface area contributed by atoms with Crippen molar-refractivity contribution in [3.8, 4) is 0 Å². The Kier molecular flexibility index (Phi) is 5.02. The molecule has 3 rings (SSSR count). The van der Waals surface area contributed by atoms with E-state index >= 15 is 0 Å². The second-order valence-corrected chi connectivity index (χ2v) is 8.42. The average Bonchev–Trinajstić information content (AvgIpc) is 3.03. The Labute approximate surface area is 141 Å². The largest absolute Gasteiger partial charge is 0.369 e. The highest BCUT2D eigenvalue weighted by molar-refractivity contribution is 7.89. The number of H-pyrrole nitrogens is 1. The van der Waals surface area contributed by atoms with Crippen LogP contribution >= 0.6 is 0 Å². The fourth-order valence-electron chi connectivity index (χ4n) is 3.15. The van der Waals surface area contributed by atoms with Crippen LogP contribution in [0.5, 0.6) is 0 Å². The zero-order chi connectivity index (χ0) is 17.2. The number of aromatic nitrogens is 3. The molecule has 3 heterocycles. The molecular weight excluding hydrogens is 328 g/mol. The molecule has 0 unspecified atom stereocenters. The van der Waals surface area contributed by atoms with Crippen LogP contribution in [0.15, 0.2) is 18.6 Å². The van der Waals surface area contributed by atoms with Gasteiger partial charge in [-0.1, -0.05) is 6.92 Å². The molecule has 0 spiro atoms. The molecule has 0 aliphatic carbocycles. The van der Waals surface area contributed by atoms with Crippen molar-refractivity contribution in [3.05, 3.63) is 18.6 Å². The molecule has 1 aliphatic rings. The van der Waals surface area contributed by atoms with E-state index in [4.69, 9.17) is 5.73 Å². The number of hydrogen-bond donors (Lipinski definition) is 3. The van der Waals surface area contributed by atoms with Crippen LogP contribution in [0.1, 0.15) is 13.3 Å². The number of piperidine rings is 1.